The number of carbonyl (C=O) groups excluding carboxylic acids is 2. The normalized spacial score (nSPS) is 13.9. The number of hydrogen-bond acceptors (Lipinski definition) is 6. The number of aliphatic carboxylic acids is 1. The molecule has 2 aromatic carbocycles. The maximum atomic E-state index is 12.5. The molecule has 4 rings (SSSR count). The highest BCUT2D eigenvalue weighted by Gasteiger charge is 2.29. The van der Waals surface area contributed by atoms with E-state index in [1.165, 1.54) is 11.3 Å². The molecule has 1 aliphatic rings. The summed E-state index contributed by atoms with van der Waals surface area (Å²) in [6.07, 6.45) is -0.147. The second-order valence-electron chi connectivity index (χ2n) is 8.42. The SMILES string of the molecule is CCC(CNC(=O)c1csc(C(C)NC(=O)OCC2c3ccccc3-c3ccccc32)n1)C(=O)O. The van der Waals surface area contributed by atoms with Crippen molar-refractivity contribution < 1.29 is 24.2 Å². The molecule has 35 heavy (non-hydrogen) atoms. The van der Waals surface area contributed by atoms with E-state index in [1.807, 2.05) is 24.3 Å². The maximum absolute atomic E-state index is 12.5. The van der Waals surface area contributed by atoms with Crippen molar-refractivity contribution in [3.05, 3.63) is 75.7 Å². The lowest BCUT2D eigenvalue weighted by Gasteiger charge is -2.16. The lowest BCUT2D eigenvalue weighted by molar-refractivity contribution is -0.141. The summed E-state index contributed by atoms with van der Waals surface area (Å²) in [7, 11) is 0. The van der Waals surface area contributed by atoms with Crippen molar-refractivity contribution in [3.63, 3.8) is 0 Å². The molecule has 8 nitrogen and oxygen atoms in total. The third-order valence-electron chi connectivity index (χ3n) is 6.15. The van der Waals surface area contributed by atoms with E-state index in [-0.39, 0.29) is 24.8 Å². The first-order valence-corrected chi connectivity index (χ1v) is 12.3. The number of amides is 2. The van der Waals surface area contributed by atoms with Crippen molar-refractivity contribution in [1.29, 1.82) is 0 Å². The Morgan fingerprint density at radius 2 is 1.71 bits per heavy atom. The van der Waals surface area contributed by atoms with Crippen LogP contribution in [0.3, 0.4) is 0 Å². The Morgan fingerprint density at radius 1 is 1.09 bits per heavy atom. The monoisotopic (exact) mass is 493 g/mol. The van der Waals surface area contributed by atoms with Gasteiger partial charge in [-0.3, -0.25) is 9.59 Å². The highest BCUT2D eigenvalue weighted by atomic mass is 32.1. The van der Waals surface area contributed by atoms with Gasteiger partial charge in [-0.2, -0.15) is 0 Å². The molecule has 0 saturated heterocycles. The van der Waals surface area contributed by atoms with Crippen molar-refractivity contribution >= 4 is 29.3 Å². The van der Waals surface area contributed by atoms with Gasteiger partial charge < -0.3 is 20.5 Å². The van der Waals surface area contributed by atoms with Crippen molar-refractivity contribution in [1.82, 2.24) is 15.6 Å². The third-order valence-corrected chi connectivity index (χ3v) is 7.18. The average Bonchev–Trinajstić information content (AvgIpc) is 3.47. The standard InChI is InChI=1S/C26H27N3O5S/c1-3-16(25(31)32)12-27-23(30)22-14-35-24(29-22)15(2)28-26(33)34-13-21-19-10-6-4-8-17(19)18-9-5-7-11-20(18)21/h4-11,14-16,21H,3,12-13H2,1-2H3,(H,27,30)(H,28,33)(H,31,32). The molecular formula is C26H27N3O5S. The molecule has 0 bridgehead atoms. The Hall–Kier alpha value is -3.72. The minimum atomic E-state index is -0.951. The molecule has 1 aromatic heterocycles. The highest BCUT2D eigenvalue weighted by Crippen LogP contribution is 2.44. The number of carboxylic acids is 1. The fraction of sp³-hybridized carbons (Fsp3) is 0.308. The number of carbonyl (C=O) groups is 3. The molecule has 0 spiro atoms. The molecule has 2 amide bonds. The van der Waals surface area contributed by atoms with Gasteiger partial charge in [0.2, 0.25) is 0 Å². The second-order valence-corrected chi connectivity index (χ2v) is 9.31. The Morgan fingerprint density at radius 3 is 2.31 bits per heavy atom. The number of thiazole rings is 1. The lowest BCUT2D eigenvalue weighted by Crippen LogP contribution is -2.33. The quantitative estimate of drug-likeness (QED) is 0.402. The predicted molar refractivity (Wildman–Crippen MR) is 132 cm³/mol. The van der Waals surface area contributed by atoms with E-state index in [1.54, 1.807) is 19.2 Å². The molecule has 0 saturated carbocycles. The van der Waals surface area contributed by atoms with Gasteiger partial charge in [-0.1, -0.05) is 55.5 Å². The van der Waals surface area contributed by atoms with E-state index < -0.39 is 29.9 Å². The maximum Gasteiger partial charge on any atom is 0.407 e. The van der Waals surface area contributed by atoms with Gasteiger partial charge >= 0.3 is 12.1 Å². The molecule has 2 atom stereocenters. The summed E-state index contributed by atoms with van der Waals surface area (Å²) < 4.78 is 5.58. The van der Waals surface area contributed by atoms with Crippen LogP contribution in [0.2, 0.25) is 0 Å². The van der Waals surface area contributed by atoms with Crippen LogP contribution in [0.25, 0.3) is 11.1 Å². The number of benzene rings is 2. The molecular weight excluding hydrogens is 466 g/mol. The minimum absolute atomic E-state index is 0.0311. The predicted octanol–water partition coefficient (Wildman–Crippen LogP) is 4.58. The van der Waals surface area contributed by atoms with E-state index in [0.717, 1.165) is 22.3 Å². The summed E-state index contributed by atoms with van der Waals surface area (Å²) in [6, 6.07) is 15.8. The number of alkyl carbamates (subject to hydrolysis) is 1. The Kier molecular flexibility index (Phi) is 7.45. The zero-order valence-electron chi connectivity index (χ0n) is 19.5. The first-order chi connectivity index (χ1) is 16.9. The summed E-state index contributed by atoms with van der Waals surface area (Å²) >= 11 is 1.24. The van der Waals surface area contributed by atoms with Crippen LogP contribution < -0.4 is 10.6 Å². The van der Waals surface area contributed by atoms with Gasteiger partial charge in [0.05, 0.1) is 12.0 Å². The van der Waals surface area contributed by atoms with Gasteiger partial charge in [0.25, 0.3) is 5.91 Å². The third kappa shape index (κ3) is 5.35. The van der Waals surface area contributed by atoms with E-state index in [4.69, 9.17) is 9.84 Å². The molecule has 182 valence electrons. The van der Waals surface area contributed by atoms with E-state index in [2.05, 4.69) is 39.9 Å². The van der Waals surface area contributed by atoms with Gasteiger partial charge in [-0.25, -0.2) is 9.78 Å². The number of fused-ring (bicyclic) bond motifs is 3. The smallest absolute Gasteiger partial charge is 0.407 e. The molecule has 1 aliphatic carbocycles. The number of nitrogens with one attached hydrogen (secondary N) is 2. The Balaban J connectivity index is 1.32. The largest absolute Gasteiger partial charge is 0.481 e. The number of aromatic nitrogens is 1. The first-order valence-electron chi connectivity index (χ1n) is 11.5. The van der Waals surface area contributed by atoms with E-state index >= 15 is 0 Å². The van der Waals surface area contributed by atoms with Crippen LogP contribution in [0, 0.1) is 5.92 Å². The van der Waals surface area contributed by atoms with Crippen molar-refractivity contribution in [2.45, 2.75) is 32.2 Å². The lowest BCUT2D eigenvalue weighted by atomic mass is 9.98. The van der Waals surface area contributed by atoms with Crippen molar-refractivity contribution in [2.24, 2.45) is 5.92 Å². The van der Waals surface area contributed by atoms with Gasteiger partial charge in [-0.05, 0) is 35.6 Å². The van der Waals surface area contributed by atoms with Crippen molar-refractivity contribution in [2.75, 3.05) is 13.2 Å². The Labute approximate surface area is 207 Å². The average molecular weight is 494 g/mol. The van der Waals surface area contributed by atoms with Crippen LogP contribution in [-0.2, 0) is 9.53 Å². The van der Waals surface area contributed by atoms with Gasteiger partial charge in [0.1, 0.15) is 17.3 Å². The molecule has 1 heterocycles. The minimum Gasteiger partial charge on any atom is -0.481 e. The van der Waals surface area contributed by atoms with E-state index in [9.17, 15) is 14.4 Å². The van der Waals surface area contributed by atoms with Crippen LogP contribution in [0.15, 0.2) is 53.9 Å². The van der Waals surface area contributed by atoms with Gasteiger partial charge in [-0.15, -0.1) is 11.3 Å². The topological polar surface area (TPSA) is 118 Å². The molecule has 2 unspecified atom stereocenters. The number of rotatable bonds is 9. The number of nitrogens with zero attached hydrogens (tertiary/aromatic N) is 1. The molecule has 3 N–H and O–H groups in total. The van der Waals surface area contributed by atoms with Crippen molar-refractivity contribution in [3.8, 4) is 11.1 Å². The number of carboxylic acid groups (broad SMARTS) is 1. The van der Waals surface area contributed by atoms with Crippen LogP contribution >= 0.6 is 11.3 Å². The summed E-state index contributed by atoms with van der Waals surface area (Å²) in [5.74, 6) is -2.07. The summed E-state index contributed by atoms with van der Waals surface area (Å²) in [5, 5.41) is 16.6. The highest BCUT2D eigenvalue weighted by molar-refractivity contribution is 7.09. The van der Waals surface area contributed by atoms with Crippen LogP contribution in [0.5, 0.6) is 0 Å². The Bertz CT molecular complexity index is 1200. The van der Waals surface area contributed by atoms with Crippen LogP contribution in [-0.4, -0.2) is 41.2 Å². The molecule has 0 fully saturated rings. The van der Waals surface area contributed by atoms with Gasteiger partial charge in [0, 0.05) is 17.8 Å². The summed E-state index contributed by atoms with van der Waals surface area (Å²) in [6.45, 7) is 3.76. The molecule has 3 aromatic rings. The second kappa shape index (κ2) is 10.7. The fourth-order valence-corrected chi connectivity index (χ4v) is 4.99. The zero-order chi connectivity index (χ0) is 24.9. The van der Waals surface area contributed by atoms with Crippen LogP contribution in [0.4, 0.5) is 4.79 Å². The fourth-order valence-electron chi connectivity index (χ4n) is 4.18. The van der Waals surface area contributed by atoms with E-state index in [0.29, 0.717) is 11.4 Å². The number of hydrogen-bond donors (Lipinski definition) is 3. The summed E-state index contributed by atoms with van der Waals surface area (Å²) in [4.78, 5) is 40.3. The molecule has 0 aliphatic heterocycles. The first kappa shape index (κ1) is 24.4. The number of ether oxygens (including phenoxy) is 1. The zero-order valence-corrected chi connectivity index (χ0v) is 20.3. The molecule has 9 heteroatoms. The van der Waals surface area contributed by atoms with Gasteiger partial charge in [0.15, 0.2) is 0 Å². The molecule has 0 radical (unpaired) electrons. The van der Waals surface area contributed by atoms with Crippen LogP contribution in [0.1, 0.15) is 58.9 Å². The summed E-state index contributed by atoms with van der Waals surface area (Å²) in [5.41, 5.74) is 4.78.